The first-order valence-electron chi connectivity index (χ1n) is 8.92. The van der Waals surface area contributed by atoms with E-state index in [1.54, 1.807) is 6.92 Å². The number of hydrogen-bond donors (Lipinski definition) is 0. The van der Waals surface area contributed by atoms with Gasteiger partial charge in [0.1, 0.15) is 16.7 Å². The van der Waals surface area contributed by atoms with Gasteiger partial charge in [-0.1, -0.05) is 37.1 Å². The van der Waals surface area contributed by atoms with Gasteiger partial charge in [0.25, 0.3) is 0 Å². The summed E-state index contributed by atoms with van der Waals surface area (Å²) in [7, 11) is 0. The Morgan fingerprint density at radius 1 is 1.15 bits per heavy atom. The summed E-state index contributed by atoms with van der Waals surface area (Å²) in [6.45, 7) is 6.81. The van der Waals surface area contributed by atoms with E-state index in [9.17, 15) is 4.79 Å². The molecule has 6 heteroatoms. The molecule has 1 aromatic heterocycles. The van der Waals surface area contributed by atoms with Crippen LogP contribution in [0.15, 0.2) is 24.3 Å². The van der Waals surface area contributed by atoms with Gasteiger partial charge >= 0.3 is 5.97 Å². The maximum atomic E-state index is 11.7. The van der Waals surface area contributed by atoms with Crippen molar-refractivity contribution in [2.24, 2.45) is 0 Å². The van der Waals surface area contributed by atoms with E-state index in [-0.39, 0.29) is 12.4 Å². The third-order valence-electron chi connectivity index (χ3n) is 3.89. The number of halogens is 1. The van der Waals surface area contributed by atoms with E-state index in [4.69, 9.17) is 21.1 Å². The van der Waals surface area contributed by atoms with E-state index in [0.29, 0.717) is 35.3 Å². The van der Waals surface area contributed by atoms with E-state index in [0.717, 1.165) is 30.8 Å². The van der Waals surface area contributed by atoms with Crippen molar-refractivity contribution in [2.45, 2.75) is 46.5 Å². The fraction of sp³-hybridized carbons (Fsp3) is 0.450. The second-order valence-corrected chi connectivity index (χ2v) is 6.36. The van der Waals surface area contributed by atoms with Crippen LogP contribution in [-0.2, 0) is 22.4 Å². The van der Waals surface area contributed by atoms with Gasteiger partial charge in [0.05, 0.1) is 19.6 Å². The predicted octanol–water partition coefficient (Wildman–Crippen LogP) is 4.31. The van der Waals surface area contributed by atoms with Gasteiger partial charge in [0, 0.05) is 17.7 Å². The minimum Gasteiger partial charge on any atom is -0.494 e. The average Bonchev–Trinajstić information content (AvgIpc) is 2.60. The topological polar surface area (TPSA) is 61.3 Å². The van der Waals surface area contributed by atoms with Gasteiger partial charge in [0.2, 0.25) is 0 Å². The molecule has 0 amide bonds. The van der Waals surface area contributed by atoms with Crippen LogP contribution in [0, 0.1) is 6.92 Å². The highest BCUT2D eigenvalue weighted by Gasteiger charge is 2.15. The molecule has 0 spiro atoms. The lowest BCUT2D eigenvalue weighted by Crippen LogP contribution is -2.12. The first-order valence-corrected chi connectivity index (χ1v) is 9.30. The van der Waals surface area contributed by atoms with Gasteiger partial charge in [-0.2, -0.15) is 0 Å². The Hall–Kier alpha value is -2.14. The fourth-order valence-corrected chi connectivity index (χ4v) is 2.77. The Labute approximate surface area is 159 Å². The van der Waals surface area contributed by atoms with Crippen molar-refractivity contribution >= 4 is 17.6 Å². The first-order chi connectivity index (χ1) is 12.5. The maximum Gasteiger partial charge on any atom is 0.310 e. The number of nitrogens with zero attached hydrogens (tertiary/aromatic N) is 2. The SMILES string of the molecule is CCCCOc1ccc(Cc2nc(C)c(CC(=O)OCC)c(Cl)n2)cc1. The summed E-state index contributed by atoms with van der Waals surface area (Å²) in [4.78, 5) is 20.5. The molecule has 0 fully saturated rings. The van der Waals surface area contributed by atoms with E-state index in [1.807, 2.05) is 31.2 Å². The number of aryl methyl sites for hydroxylation is 1. The van der Waals surface area contributed by atoms with Crippen LogP contribution in [-0.4, -0.2) is 29.2 Å². The number of benzene rings is 1. The quantitative estimate of drug-likeness (QED) is 0.370. The zero-order chi connectivity index (χ0) is 18.9. The Morgan fingerprint density at radius 3 is 2.50 bits per heavy atom. The summed E-state index contributed by atoms with van der Waals surface area (Å²) in [6, 6.07) is 7.91. The molecular formula is C20H25ClN2O3. The number of unbranched alkanes of at least 4 members (excludes halogenated alkanes) is 1. The molecule has 0 aliphatic rings. The summed E-state index contributed by atoms with van der Waals surface area (Å²) in [5.41, 5.74) is 2.39. The summed E-state index contributed by atoms with van der Waals surface area (Å²) in [5.74, 6) is 1.16. The summed E-state index contributed by atoms with van der Waals surface area (Å²) in [6.07, 6.45) is 2.81. The molecule has 0 bridgehead atoms. The molecule has 0 radical (unpaired) electrons. The summed E-state index contributed by atoms with van der Waals surface area (Å²) in [5, 5.41) is 0.306. The van der Waals surface area contributed by atoms with Crippen molar-refractivity contribution in [1.82, 2.24) is 9.97 Å². The van der Waals surface area contributed by atoms with Gasteiger partial charge in [0.15, 0.2) is 0 Å². The molecule has 2 aromatic rings. The van der Waals surface area contributed by atoms with Crippen molar-refractivity contribution in [2.75, 3.05) is 13.2 Å². The minimum atomic E-state index is -0.326. The molecule has 0 unspecified atom stereocenters. The molecule has 26 heavy (non-hydrogen) atoms. The lowest BCUT2D eigenvalue weighted by atomic mass is 10.1. The predicted molar refractivity (Wildman–Crippen MR) is 102 cm³/mol. The van der Waals surface area contributed by atoms with Crippen LogP contribution in [0.3, 0.4) is 0 Å². The number of aromatic nitrogens is 2. The molecule has 0 N–H and O–H groups in total. The lowest BCUT2D eigenvalue weighted by molar-refractivity contribution is -0.142. The van der Waals surface area contributed by atoms with E-state index >= 15 is 0 Å². The number of carbonyl (C=O) groups is 1. The summed E-state index contributed by atoms with van der Waals surface area (Å²) >= 11 is 6.26. The molecule has 0 saturated heterocycles. The van der Waals surface area contributed by atoms with Crippen LogP contribution in [0.5, 0.6) is 5.75 Å². The number of rotatable bonds is 9. The molecule has 140 valence electrons. The van der Waals surface area contributed by atoms with Gasteiger partial charge in [-0.3, -0.25) is 4.79 Å². The highest BCUT2D eigenvalue weighted by Crippen LogP contribution is 2.20. The van der Waals surface area contributed by atoms with Crippen LogP contribution < -0.4 is 4.74 Å². The third kappa shape index (κ3) is 5.99. The van der Waals surface area contributed by atoms with E-state index in [1.165, 1.54) is 0 Å². The Balaban J connectivity index is 2.04. The molecular weight excluding hydrogens is 352 g/mol. The molecule has 2 rings (SSSR count). The second kappa shape index (κ2) is 10.1. The van der Waals surface area contributed by atoms with Gasteiger partial charge in [-0.05, 0) is 38.0 Å². The molecule has 0 saturated carbocycles. The lowest BCUT2D eigenvalue weighted by Gasteiger charge is -2.10. The van der Waals surface area contributed by atoms with Crippen LogP contribution in [0.1, 0.15) is 49.3 Å². The van der Waals surface area contributed by atoms with Crippen LogP contribution >= 0.6 is 11.6 Å². The van der Waals surface area contributed by atoms with Crippen molar-refractivity contribution < 1.29 is 14.3 Å². The standard InChI is InChI=1S/C20H25ClN2O3/c1-4-6-11-26-16-9-7-15(8-10-16)12-18-22-14(3)17(20(21)23-18)13-19(24)25-5-2/h7-10H,4-6,11-13H2,1-3H3. The fourth-order valence-electron chi connectivity index (χ4n) is 2.47. The van der Waals surface area contributed by atoms with E-state index < -0.39 is 0 Å². The highest BCUT2D eigenvalue weighted by atomic mass is 35.5. The maximum absolute atomic E-state index is 11.7. The van der Waals surface area contributed by atoms with Crippen molar-refractivity contribution in [3.05, 3.63) is 52.1 Å². The first kappa shape index (κ1) is 20.2. The monoisotopic (exact) mass is 376 g/mol. The van der Waals surface area contributed by atoms with Crippen molar-refractivity contribution in [1.29, 1.82) is 0 Å². The third-order valence-corrected chi connectivity index (χ3v) is 4.20. The van der Waals surface area contributed by atoms with Crippen molar-refractivity contribution in [3.63, 3.8) is 0 Å². The smallest absolute Gasteiger partial charge is 0.310 e. The van der Waals surface area contributed by atoms with Gasteiger partial charge in [-0.25, -0.2) is 9.97 Å². The Kier molecular flexibility index (Phi) is 7.85. The average molecular weight is 377 g/mol. The summed E-state index contributed by atoms with van der Waals surface area (Å²) < 4.78 is 10.6. The van der Waals surface area contributed by atoms with Crippen LogP contribution in [0.4, 0.5) is 0 Å². The highest BCUT2D eigenvalue weighted by molar-refractivity contribution is 6.30. The van der Waals surface area contributed by atoms with Gasteiger partial charge in [-0.15, -0.1) is 0 Å². The van der Waals surface area contributed by atoms with Crippen LogP contribution in [0.2, 0.25) is 5.15 Å². The molecule has 0 atom stereocenters. The largest absolute Gasteiger partial charge is 0.494 e. The van der Waals surface area contributed by atoms with Gasteiger partial charge < -0.3 is 9.47 Å². The molecule has 5 nitrogen and oxygen atoms in total. The zero-order valence-corrected chi connectivity index (χ0v) is 16.3. The molecule has 0 aliphatic carbocycles. The Morgan fingerprint density at radius 2 is 1.88 bits per heavy atom. The normalized spacial score (nSPS) is 10.6. The second-order valence-electron chi connectivity index (χ2n) is 6.00. The number of carbonyl (C=O) groups excluding carboxylic acids is 1. The van der Waals surface area contributed by atoms with Crippen LogP contribution in [0.25, 0.3) is 0 Å². The zero-order valence-electron chi connectivity index (χ0n) is 15.5. The molecule has 1 heterocycles. The Bertz CT molecular complexity index is 709. The van der Waals surface area contributed by atoms with E-state index in [2.05, 4.69) is 16.9 Å². The number of esters is 1. The molecule has 0 aliphatic heterocycles. The number of hydrogen-bond acceptors (Lipinski definition) is 5. The number of ether oxygens (including phenoxy) is 2. The van der Waals surface area contributed by atoms with Crippen molar-refractivity contribution in [3.8, 4) is 5.75 Å². The minimum absolute atomic E-state index is 0.0859. The molecule has 1 aromatic carbocycles.